The van der Waals surface area contributed by atoms with Gasteiger partial charge in [0.2, 0.25) is 29.9 Å². The van der Waals surface area contributed by atoms with Crippen LogP contribution in [0.25, 0.3) is 23.0 Å². The second-order valence-electron chi connectivity index (χ2n) is 30.8. The smallest absolute Gasteiger partial charge is 0.301 e. The molecular weight excluding hydrogens is 2010 g/mol. The molecule has 5 aromatic heterocycles. The minimum Gasteiger partial charge on any atom is -0.595 e. The summed E-state index contributed by atoms with van der Waals surface area (Å²) in [4.78, 5) is 129. The van der Waals surface area contributed by atoms with Crippen molar-refractivity contribution >= 4 is 201 Å². The molecule has 0 bridgehead atoms. The van der Waals surface area contributed by atoms with E-state index in [1.165, 1.54) is 111 Å². The number of anilines is 4. The fourth-order valence-electron chi connectivity index (χ4n) is 15.1. The Morgan fingerprint density at radius 2 is 0.880 bits per heavy atom. The molecule has 7 N–H and O–H groups in total. The molecule has 0 saturated carbocycles. The van der Waals surface area contributed by atoms with Crippen LogP contribution in [-0.2, 0) is 58.0 Å². The molecule has 9 aromatic carbocycles. The van der Waals surface area contributed by atoms with Gasteiger partial charge in [0.25, 0.3) is 28.8 Å². The van der Waals surface area contributed by atoms with Gasteiger partial charge in [-0.15, -0.1) is 31.7 Å². The van der Waals surface area contributed by atoms with E-state index in [-0.39, 0.29) is 108 Å². The number of nitrogens with one attached hydrogen (secondary N) is 1. The number of hydrogen-bond donors (Lipinski definition) is 7. The number of nitrogens with zero attached hydrogens (tertiary/aromatic N) is 11. The van der Waals surface area contributed by atoms with Crippen molar-refractivity contribution in [3.63, 3.8) is 0 Å². The van der Waals surface area contributed by atoms with Crippen LogP contribution in [0.4, 0.5) is 31.9 Å². The first-order valence-corrected chi connectivity index (χ1v) is 49.8. The number of sulfone groups is 2. The number of hydrogen-bond acceptors (Lipinski definition) is 35. The van der Waals surface area contributed by atoms with Crippen molar-refractivity contribution in [2.45, 2.75) is 70.1 Å². The van der Waals surface area contributed by atoms with Crippen molar-refractivity contribution in [2.24, 2.45) is 0 Å². The zero-order chi connectivity index (χ0) is 102. The number of non-ortho nitro benzene ring substituents is 1. The van der Waals surface area contributed by atoms with Gasteiger partial charge < -0.3 is 45.0 Å². The molecule has 4 amide bonds. The Balaban J connectivity index is 0.000000144. The van der Waals surface area contributed by atoms with E-state index in [0.29, 0.717) is 98.2 Å². The summed E-state index contributed by atoms with van der Waals surface area (Å²) < 4.78 is 68.7. The van der Waals surface area contributed by atoms with Gasteiger partial charge in [-0.1, -0.05) is 178 Å². The lowest BCUT2D eigenvalue weighted by atomic mass is 9.95. The Bertz CT molecular complexity index is 7680. The average molecular weight is 2090 g/mol. The zero-order valence-electron chi connectivity index (χ0n) is 74.2. The molecule has 0 spiro atoms. The Morgan fingerprint density at radius 3 is 1.27 bits per heavy atom. The molecule has 5 atom stereocenters. The first-order chi connectivity index (χ1) is 67.9. The maximum atomic E-state index is 13.5. The molecule has 45 heteroatoms. The number of aryl methyl sites for hydroxylation is 3. The molecule has 4 saturated heterocycles. The van der Waals surface area contributed by atoms with Crippen LogP contribution in [0.2, 0.25) is 10.0 Å². The Morgan fingerprint density at radius 1 is 0.486 bits per heavy atom. The molecule has 18 rings (SSSR count). The SMILES string of the molecule is C=CCOc1ccc(C2C(=C(O)c3ccccc3)C(=O)C(=O)N2c2nnc(C)s2)cc1.CCOc1cc(C2C(=C(O)c3ccc(Cl)cc3)C(=O)C(=O)N2c2ncc(S(=O)(=O)c3ccc([NH+]([O-])O)cc3)s2)ccc1O.COc1ccc(C2C(=C(O)c3ccc(C)cc3)C(=O)C(=O)N2c2nnc(C)s2)cc1.O=C1C(=O)N(c2ncc(S(=O)(=O)c3ccc([N+](=O)[O-])cc3)s2)C(c2cccs2)C1=C(O)c1ccc(Cl)cc1. The molecule has 142 heavy (non-hydrogen) atoms. The van der Waals surface area contributed by atoms with Crippen LogP contribution in [0.1, 0.15) is 90.5 Å². The van der Waals surface area contributed by atoms with Crippen molar-refractivity contribution in [2.75, 3.05) is 39.9 Å². The molecule has 36 nitrogen and oxygen atoms in total. The Hall–Kier alpha value is -15.5. The van der Waals surface area contributed by atoms with Gasteiger partial charge in [0.1, 0.15) is 65.6 Å². The highest BCUT2D eigenvalue weighted by atomic mass is 35.5. The number of aromatic nitrogens is 6. The van der Waals surface area contributed by atoms with Gasteiger partial charge in [-0.3, -0.25) is 68.1 Å². The predicted molar refractivity (Wildman–Crippen MR) is 528 cm³/mol. The van der Waals surface area contributed by atoms with Crippen LogP contribution in [0.5, 0.6) is 23.0 Å². The van der Waals surface area contributed by atoms with Gasteiger partial charge in [-0.05, 0) is 165 Å². The second-order valence-corrected chi connectivity index (χ2v) is 41.3. The second kappa shape index (κ2) is 42.7. The zero-order valence-corrected chi connectivity index (χ0v) is 81.5. The van der Waals surface area contributed by atoms with E-state index in [9.17, 15) is 96.0 Å². The maximum absolute atomic E-state index is 13.5. The van der Waals surface area contributed by atoms with E-state index in [1.807, 2.05) is 19.1 Å². The molecule has 4 aliphatic heterocycles. The van der Waals surface area contributed by atoms with Crippen molar-refractivity contribution in [1.29, 1.82) is 0 Å². The molecule has 0 aliphatic carbocycles. The number of amides is 4. The number of phenolic OH excluding ortho intramolecular Hbond substituents is 1. The highest BCUT2D eigenvalue weighted by molar-refractivity contribution is 7.94. The number of rotatable bonds is 24. The lowest BCUT2D eigenvalue weighted by Crippen LogP contribution is -2.99. The summed E-state index contributed by atoms with van der Waals surface area (Å²) in [5.74, 6) is -7.34. The van der Waals surface area contributed by atoms with Crippen molar-refractivity contribution in [3.05, 3.63) is 368 Å². The minimum atomic E-state index is -4.19. The van der Waals surface area contributed by atoms with Crippen LogP contribution >= 0.6 is 79.9 Å². The third kappa shape index (κ3) is 20.6. The number of aromatic hydroxyl groups is 1. The number of aliphatic hydroxyl groups is 4. The standard InChI is InChI=1S/C28H22ClN3O9S2.C24H14ClN3O7S3.C23H19N3O4S.C22H19N3O4S/c1-2-41-21-13-16(5-12-20(21)33)24-23(25(34)15-3-6-17(29)7-4-15)26(35)27(36)31(24)28-30-14-22(42-28)43(39,40)19-10-8-18(9-11-19)32(37)38;25-14-5-3-13(4-6-14)21(29)19-20(17-2-1-11-36-17)27(23(31)22(19)30)24-26-12-18(37-24)38(34,35)16-9-7-15(8-10-16)28(32)33;1-3-13-30-17-11-9-15(10-12-17)19-18(20(27)16-7-5-4-6-8-16)21(28)22(29)26(19)23-25-24-14(2)31-23;1-12-4-6-15(7-5-12)19(26)17-18(14-8-10-16(29-3)11-9-14)25(21(28)20(17)27)22-24-23-13(2)30-22/h3-14,24,32-34,37H,2H2,1H3;1-12,20,29H;3-12,19,27H,1,13H2,2H3;4-11,18,26H,1-3H3. The van der Waals surface area contributed by atoms with E-state index < -0.39 is 112 Å². The van der Waals surface area contributed by atoms with E-state index in [4.69, 9.17) is 42.6 Å². The predicted octanol–water partition coefficient (Wildman–Crippen LogP) is 16.8. The van der Waals surface area contributed by atoms with Crippen LogP contribution < -0.4 is 39.0 Å². The average Bonchev–Trinajstić information content (AvgIpc) is 1.59. The normalized spacial score (nSPS) is 17.5. The number of carbonyl (C=O) groups excluding carboxylic acids is 8. The van der Waals surface area contributed by atoms with Gasteiger partial charge in [-0.2, -0.15) is 5.23 Å². The van der Waals surface area contributed by atoms with Crippen LogP contribution in [0.15, 0.2) is 301 Å². The number of ether oxygens (including phenoxy) is 3. The highest BCUT2D eigenvalue weighted by Gasteiger charge is 2.53. The summed E-state index contributed by atoms with van der Waals surface area (Å²) in [6.45, 7) is 11.3. The number of quaternary nitrogens is 1. The number of thiophene rings is 1. The summed E-state index contributed by atoms with van der Waals surface area (Å²) in [5, 5.41) is 105. The number of thiazole rings is 2. The lowest BCUT2D eigenvalue weighted by Gasteiger charge is -2.23. The minimum absolute atomic E-state index is 0.00353. The third-order valence-electron chi connectivity index (χ3n) is 21.9. The van der Waals surface area contributed by atoms with Crippen LogP contribution in [0, 0.1) is 36.1 Å². The summed E-state index contributed by atoms with van der Waals surface area (Å²) in [6.07, 6.45) is 3.72. The van der Waals surface area contributed by atoms with Crippen molar-refractivity contribution in [3.8, 4) is 23.0 Å². The molecule has 14 aromatic rings. The number of nitro groups is 1. The molecular formula is C97H74Cl2N12O24S7. The lowest BCUT2D eigenvalue weighted by molar-refractivity contribution is -0.991. The highest BCUT2D eigenvalue weighted by Crippen LogP contribution is 2.51. The number of nitro benzene ring substituents is 1. The fourth-order valence-corrected chi connectivity index (χ4v) is 22.7. The first-order valence-electron chi connectivity index (χ1n) is 41.9. The molecule has 4 aliphatic rings. The number of carbonyl (C=O) groups is 8. The summed E-state index contributed by atoms with van der Waals surface area (Å²) in [6, 6.07) is 54.3. The Kier molecular flexibility index (Phi) is 30.3. The van der Waals surface area contributed by atoms with Gasteiger partial charge in [0.15, 0.2) is 27.4 Å². The van der Waals surface area contributed by atoms with Gasteiger partial charge in [0.05, 0.1) is 81.2 Å². The van der Waals surface area contributed by atoms with Gasteiger partial charge in [-0.25, -0.2) is 32.0 Å². The molecule has 0 radical (unpaired) electrons. The van der Waals surface area contributed by atoms with E-state index >= 15 is 0 Å². The summed E-state index contributed by atoms with van der Waals surface area (Å²) in [7, 11) is -6.76. The molecule has 5 unspecified atom stereocenters. The Labute approximate surface area is 836 Å². The van der Waals surface area contributed by atoms with Crippen LogP contribution in [0.3, 0.4) is 0 Å². The largest absolute Gasteiger partial charge is 0.595 e. The number of halogens is 2. The third-order valence-corrected chi connectivity index (χ3v) is 31.5. The van der Waals surface area contributed by atoms with E-state index in [0.717, 1.165) is 76.3 Å². The number of ketones is 4. The molecule has 722 valence electrons. The van der Waals surface area contributed by atoms with Crippen molar-refractivity contribution < 1.29 is 110 Å². The fraction of sp³-hybridized carbons (Fsp3) is 0.113. The topological polar surface area (TPSA) is 515 Å². The van der Waals surface area contributed by atoms with Gasteiger partial charge in [0, 0.05) is 61.4 Å². The van der Waals surface area contributed by atoms with E-state index in [1.54, 1.807) is 142 Å². The number of aliphatic hydroxyl groups excluding tert-OH is 4. The number of Topliss-reactive ketones (excluding diaryl/α,β-unsaturated/α-hetero) is 4. The van der Waals surface area contributed by atoms with Crippen molar-refractivity contribution in [1.82, 2.24) is 30.4 Å². The number of benzene rings is 9. The van der Waals surface area contributed by atoms with Gasteiger partial charge >= 0.3 is 23.6 Å². The quantitative estimate of drug-likeness (QED) is 0.00737. The maximum Gasteiger partial charge on any atom is 0.301 e. The van der Waals surface area contributed by atoms with Crippen LogP contribution in [-0.4, -0.2) is 150 Å². The number of methoxy groups -OCH3 is 1. The van der Waals surface area contributed by atoms with E-state index in [2.05, 4.69) is 36.9 Å². The molecule has 9 heterocycles. The monoisotopic (exact) mass is 2080 g/mol. The summed E-state index contributed by atoms with van der Waals surface area (Å²) in [5.41, 5.74) is 3.12. The summed E-state index contributed by atoms with van der Waals surface area (Å²) >= 11 is 16.8. The molecule has 4 fully saturated rings. The first kappa shape index (κ1) is 101. The number of phenols is 1.